The molecule has 3 aliphatic rings. The summed E-state index contributed by atoms with van der Waals surface area (Å²) in [5.74, 6) is -1.76. The van der Waals surface area contributed by atoms with Gasteiger partial charge in [0.2, 0.25) is 17.7 Å². The molecule has 0 spiro atoms. The summed E-state index contributed by atoms with van der Waals surface area (Å²) in [7, 11) is 0. The summed E-state index contributed by atoms with van der Waals surface area (Å²) < 4.78 is 5.63. The van der Waals surface area contributed by atoms with E-state index in [-0.39, 0.29) is 42.5 Å². The van der Waals surface area contributed by atoms with Crippen molar-refractivity contribution in [1.29, 1.82) is 0 Å². The summed E-state index contributed by atoms with van der Waals surface area (Å²) in [6.07, 6.45) is 3.34. The van der Waals surface area contributed by atoms with E-state index in [0.29, 0.717) is 29.8 Å². The van der Waals surface area contributed by atoms with Crippen LogP contribution in [0.2, 0.25) is 0 Å². The minimum absolute atomic E-state index is 0.0935. The number of benzene rings is 2. The Morgan fingerprint density at radius 3 is 2.36 bits per heavy atom. The van der Waals surface area contributed by atoms with Gasteiger partial charge in [0.15, 0.2) is 0 Å². The number of fused-ring (bicyclic) bond motifs is 1. The van der Waals surface area contributed by atoms with E-state index < -0.39 is 11.9 Å². The van der Waals surface area contributed by atoms with Crippen molar-refractivity contribution in [3.8, 4) is 5.75 Å². The zero-order chi connectivity index (χ0) is 25.7. The van der Waals surface area contributed by atoms with Crippen LogP contribution in [0.15, 0.2) is 48.0 Å². The molecule has 2 heterocycles. The van der Waals surface area contributed by atoms with Crippen LogP contribution in [0, 0.1) is 38.5 Å². The summed E-state index contributed by atoms with van der Waals surface area (Å²) in [5, 5.41) is 0. The van der Waals surface area contributed by atoms with Crippen molar-refractivity contribution in [3.63, 3.8) is 0 Å². The number of allylic oxidation sites excluding steroid dienone is 2. The third kappa shape index (κ3) is 4.12. The second-order valence-corrected chi connectivity index (χ2v) is 10.3. The van der Waals surface area contributed by atoms with Crippen LogP contribution in [0.3, 0.4) is 0 Å². The van der Waals surface area contributed by atoms with Gasteiger partial charge in [-0.1, -0.05) is 23.8 Å². The molecule has 2 saturated heterocycles. The Kier molecular flexibility index (Phi) is 6.02. The van der Waals surface area contributed by atoms with E-state index in [2.05, 4.69) is 0 Å². The average Bonchev–Trinajstić information content (AvgIpc) is 3.33. The van der Waals surface area contributed by atoms with Crippen LogP contribution in [0.25, 0.3) is 0 Å². The number of esters is 1. The zero-order valence-corrected chi connectivity index (χ0v) is 21.0. The molecule has 7 nitrogen and oxygen atoms in total. The molecule has 186 valence electrons. The van der Waals surface area contributed by atoms with Crippen LogP contribution in [0.1, 0.15) is 42.9 Å². The quantitative estimate of drug-likeness (QED) is 0.277. The summed E-state index contributed by atoms with van der Waals surface area (Å²) in [5.41, 5.74) is 5.18. The van der Waals surface area contributed by atoms with Crippen molar-refractivity contribution in [2.75, 3.05) is 16.3 Å². The summed E-state index contributed by atoms with van der Waals surface area (Å²) in [6, 6.07) is 10.8. The maximum Gasteiger partial charge on any atom is 0.316 e. The molecule has 0 saturated carbocycles. The van der Waals surface area contributed by atoms with E-state index in [1.807, 2.05) is 45.0 Å². The lowest BCUT2D eigenvalue weighted by Gasteiger charge is -2.20. The van der Waals surface area contributed by atoms with Crippen LogP contribution in [-0.4, -0.2) is 30.2 Å². The van der Waals surface area contributed by atoms with Gasteiger partial charge in [-0.15, -0.1) is 0 Å². The molecular weight excluding hydrogens is 456 g/mol. The Balaban J connectivity index is 1.29. The van der Waals surface area contributed by atoms with E-state index >= 15 is 0 Å². The van der Waals surface area contributed by atoms with Gasteiger partial charge in [0.05, 0.1) is 23.4 Å². The Morgan fingerprint density at radius 2 is 1.61 bits per heavy atom. The highest BCUT2D eigenvalue weighted by Gasteiger charge is 2.49. The fraction of sp³-hybridized carbons (Fsp3) is 0.379. The van der Waals surface area contributed by atoms with Crippen molar-refractivity contribution in [1.82, 2.24) is 0 Å². The molecule has 36 heavy (non-hydrogen) atoms. The monoisotopic (exact) mass is 486 g/mol. The molecule has 2 aromatic rings. The normalized spacial score (nSPS) is 23.7. The predicted molar refractivity (Wildman–Crippen MR) is 136 cm³/mol. The summed E-state index contributed by atoms with van der Waals surface area (Å²) in [6.45, 7) is 7.97. The van der Waals surface area contributed by atoms with Crippen LogP contribution in [0.4, 0.5) is 11.4 Å². The Hall–Kier alpha value is -3.74. The molecule has 2 aromatic carbocycles. The lowest BCUT2D eigenvalue weighted by atomic mass is 9.82. The minimum atomic E-state index is -0.571. The molecule has 5 rings (SSSR count). The second kappa shape index (κ2) is 9.04. The number of amides is 3. The van der Waals surface area contributed by atoms with Gasteiger partial charge in [-0.2, -0.15) is 0 Å². The first kappa shape index (κ1) is 24.0. The molecule has 1 aliphatic carbocycles. The van der Waals surface area contributed by atoms with E-state index in [1.165, 1.54) is 4.90 Å². The first-order valence-electron chi connectivity index (χ1n) is 12.4. The molecule has 0 unspecified atom stereocenters. The minimum Gasteiger partial charge on any atom is -0.426 e. The number of imide groups is 1. The van der Waals surface area contributed by atoms with E-state index in [9.17, 15) is 19.2 Å². The van der Waals surface area contributed by atoms with Gasteiger partial charge in [0.25, 0.3) is 0 Å². The highest BCUT2D eigenvalue weighted by molar-refractivity contribution is 6.22. The van der Waals surface area contributed by atoms with Gasteiger partial charge in [0, 0.05) is 18.7 Å². The molecule has 2 fully saturated rings. The largest absolute Gasteiger partial charge is 0.426 e. The summed E-state index contributed by atoms with van der Waals surface area (Å²) in [4.78, 5) is 54.6. The topological polar surface area (TPSA) is 84.0 Å². The molecule has 0 bridgehead atoms. The van der Waals surface area contributed by atoms with Crippen LogP contribution in [0.5, 0.6) is 5.75 Å². The maximum atomic E-state index is 13.1. The molecule has 0 N–H and O–H groups in total. The van der Waals surface area contributed by atoms with Gasteiger partial charge in [0.1, 0.15) is 5.75 Å². The fourth-order valence-electron chi connectivity index (χ4n) is 5.53. The highest BCUT2D eigenvalue weighted by atomic mass is 16.5. The Labute approximate surface area is 210 Å². The molecule has 2 aliphatic heterocycles. The SMILES string of the molecule is CC1=CC[C@@H]2C(=O)N(c3ccc(OC(=O)[C@H]4CC(=O)N(c5cc(C)ccc5C)C4)cc3C)C(=O)[C@@H]2C1. The fourth-order valence-corrected chi connectivity index (χ4v) is 5.53. The first-order valence-corrected chi connectivity index (χ1v) is 12.4. The smallest absolute Gasteiger partial charge is 0.316 e. The predicted octanol–water partition coefficient (Wildman–Crippen LogP) is 4.42. The van der Waals surface area contributed by atoms with E-state index in [4.69, 9.17) is 4.74 Å². The Morgan fingerprint density at radius 1 is 0.861 bits per heavy atom. The van der Waals surface area contributed by atoms with Gasteiger partial charge >= 0.3 is 5.97 Å². The number of aryl methyl sites for hydroxylation is 3. The lowest BCUT2D eigenvalue weighted by molar-refractivity contribution is -0.139. The van der Waals surface area contributed by atoms with Crippen molar-refractivity contribution >= 4 is 35.1 Å². The number of nitrogens with zero attached hydrogens (tertiary/aromatic N) is 2. The van der Waals surface area contributed by atoms with Crippen LogP contribution < -0.4 is 14.5 Å². The van der Waals surface area contributed by atoms with Crippen LogP contribution in [-0.2, 0) is 19.2 Å². The van der Waals surface area contributed by atoms with E-state index in [0.717, 1.165) is 22.4 Å². The number of carbonyl (C=O) groups is 4. The molecule has 7 heteroatoms. The zero-order valence-electron chi connectivity index (χ0n) is 21.0. The number of hydrogen-bond acceptors (Lipinski definition) is 5. The first-order chi connectivity index (χ1) is 17.1. The second-order valence-electron chi connectivity index (χ2n) is 10.3. The van der Waals surface area contributed by atoms with Crippen molar-refractivity contribution in [3.05, 3.63) is 64.7 Å². The molecule has 3 amide bonds. The highest BCUT2D eigenvalue weighted by Crippen LogP contribution is 2.41. The number of anilines is 2. The van der Waals surface area contributed by atoms with Gasteiger partial charge in [-0.3, -0.25) is 19.2 Å². The van der Waals surface area contributed by atoms with Crippen molar-refractivity contribution in [2.45, 2.75) is 47.0 Å². The van der Waals surface area contributed by atoms with Crippen molar-refractivity contribution < 1.29 is 23.9 Å². The van der Waals surface area contributed by atoms with Crippen LogP contribution >= 0.6 is 0 Å². The lowest BCUT2D eigenvalue weighted by Crippen LogP contribution is -2.31. The average molecular weight is 487 g/mol. The van der Waals surface area contributed by atoms with E-state index in [1.54, 1.807) is 30.0 Å². The maximum absolute atomic E-state index is 13.1. The third-order valence-electron chi connectivity index (χ3n) is 7.56. The van der Waals surface area contributed by atoms with Gasteiger partial charge < -0.3 is 9.64 Å². The summed E-state index contributed by atoms with van der Waals surface area (Å²) >= 11 is 0. The Bertz CT molecular complexity index is 1330. The molecule has 3 atom stereocenters. The number of rotatable bonds is 4. The third-order valence-corrected chi connectivity index (χ3v) is 7.56. The molecule has 0 aromatic heterocycles. The standard InChI is InChI=1S/C29H30N2O5/c1-16-6-9-22-23(11-16)28(34)31(27(22)33)24-10-8-21(13-19(24)4)36-29(35)20-14-26(32)30(15-20)25-12-17(2)5-7-18(25)3/h5-8,10,12-13,20,22-23H,9,11,14-15H2,1-4H3/t20-,22-,23+/m0/s1. The number of ether oxygens (including phenoxy) is 1. The number of hydrogen-bond donors (Lipinski definition) is 0. The molecular formula is C29H30N2O5. The van der Waals surface area contributed by atoms with Crippen molar-refractivity contribution in [2.24, 2.45) is 17.8 Å². The molecule has 0 radical (unpaired) electrons. The van der Waals surface area contributed by atoms with Gasteiger partial charge in [-0.05, 0) is 81.5 Å². The van der Waals surface area contributed by atoms with Gasteiger partial charge in [-0.25, -0.2) is 4.90 Å². The number of carbonyl (C=O) groups excluding carboxylic acids is 4.